The average molecular weight is 380 g/mol. The van der Waals surface area contributed by atoms with Crippen LogP contribution in [0.15, 0.2) is 41.5 Å². The minimum Gasteiger partial charge on any atom is -0.322 e. The number of carbonyl (C=O) groups is 2. The molecule has 2 amide bonds. The zero-order valence-corrected chi connectivity index (χ0v) is 14.3. The molecule has 0 radical (unpaired) electrons. The molecule has 1 aliphatic heterocycles. The summed E-state index contributed by atoms with van der Waals surface area (Å²) in [5, 5.41) is 6.56. The molecule has 0 unspecified atom stereocenters. The van der Waals surface area contributed by atoms with Gasteiger partial charge in [0, 0.05) is 18.5 Å². The highest BCUT2D eigenvalue weighted by Gasteiger charge is 2.16. The van der Waals surface area contributed by atoms with Crippen molar-refractivity contribution >= 4 is 46.4 Å². The van der Waals surface area contributed by atoms with Crippen LogP contribution in [-0.2, 0) is 4.79 Å². The summed E-state index contributed by atoms with van der Waals surface area (Å²) in [5.41, 5.74) is 4.55. The van der Waals surface area contributed by atoms with E-state index in [4.69, 9.17) is 23.2 Å². The van der Waals surface area contributed by atoms with E-state index in [1.54, 1.807) is 24.3 Å². The number of anilines is 1. The van der Waals surface area contributed by atoms with Crippen molar-refractivity contribution < 1.29 is 14.0 Å². The van der Waals surface area contributed by atoms with Gasteiger partial charge < -0.3 is 5.32 Å². The molecule has 0 aliphatic carbocycles. The van der Waals surface area contributed by atoms with Crippen molar-refractivity contribution in [1.29, 1.82) is 0 Å². The Morgan fingerprint density at radius 1 is 1.12 bits per heavy atom. The Morgan fingerprint density at radius 3 is 2.48 bits per heavy atom. The van der Waals surface area contributed by atoms with Crippen molar-refractivity contribution in [3.05, 3.63) is 63.4 Å². The lowest BCUT2D eigenvalue weighted by atomic mass is 10.0. The van der Waals surface area contributed by atoms with Gasteiger partial charge in [-0.25, -0.2) is 9.82 Å². The second-order valence-corrected chi connectivity index (χ2v) is 6.19. The largest absolute Gasteiger partial charge is 0.322 e. The molecular weight excluding hydrogens is 368 g/mol. The van der Waals surface area contributed by atoms with Crippen LogP contribution in [0, 0.1) is 5.82 Å². The molecule has 2 aromatic carbocycles. The summed E-state index contributed by atoms with van der Waals surface area (Å²) in [6.45, 7) is 0. The van der Waals surface area contributed by atoms with Crippen molar-refractivity contribution in [3.8, 4) is 0 Å². The predicted octanol–water partition coefficient (Wildman–Crippen LogP) is 4.00. The molecule has 8 heteroatoms. The van der Waals surface area contributed by atoms with Crippen molar-refractivity contribution in [2.45, 2.75) is 12.8 Å². The van der Waals surface area contributed by atoms with Gasteiger partial charge in [0.15, 0.2) is 0 Å². The highest BCUT2D eigenvalue weighted by atomic mass is 35.5. The Labute approximate surface area is 152 Å². The van der Waals surface area contributed by atoms with E-state index in [1.165, 1.54) is 6.07 Å². The van der Waals surface area contributed by atoms with E-state index in [2.05, 4.69) is 15.8 Å². The van der Waals surface area contributed by atoms with Gasteiger partial charge in [0.2, 0.25) is 5.91 Å². The van der Waals surface area contributed by atoms with E-state index in [0.717, 1.165) is 17.3 Å². The molecule has 0 atom stereocenters. The van der Waals surface area contributed by atoms with Crippen LogP contribution in [0.4, 0.5) is 10.1 Å². The highest BCUT2D eigenvalue weighted by Crippen LogP contribution is 2.25. The van der Waals surface area contributed by atoms with Crippen molar-refractivity contribution in [3.63, 3.8) is 0 Å². The maximum absolute atomic E-state index is 13.5. The Bertz CT molecular complexity index is 882. The van der Waals surface area contributed by atoms with Gasteiger partial charge in [-0.2, -0.15) is 5.10 Å². The van der Waals surface area contributed by atoms with Crippen molar-refractivity contribution in [2.75, 3.05) is 5.32 Å². The van der Waals surface area contributed by atoms with Crippen LogP contribution in [0.25, 0.3) is 0 Å². The first-order valence-electron chi connectivity index (χ1n) is 7.36. The summed E-state index contributed by atoms with van der Waals surface area (Å²) in [5.74, 6) is -1.38. The molecule has 25 heavy (non-hydrogen) atoms. The van der Waals surface area contributed by atoms with E-state index in [9.17, 15) is 14.0 Å². The van der Waals surface area contributed by atoms with Crippen LogP contribution in [0.2, 0.25) is 10.0 Å². The first-order chi connectivity index (χ1) is 11.9. The molecular formula is C17H12Cl2FN3O2. The summed E-state index contributed by atoms with van der Waals surface area (Å²) < 4.78 is 13.5. The maximum atomic E-state index is 13.5. The summed E-state index contributed by atoms with van der Waals surface area (Å²) in [4.78, 5) is 23.4. The van der Waals surface area contributed by atoms with Gasteiger partial charge in [-0.1, -0.05) is 35.3 Å². The molecule has 0 aromatic heterocycles. The van der Waals surface area contributed by atoms with E-state index >= 15 is 0 Å². The maximum Gasteiger partial charge on any atom is 0.257 e. The van der Waals surface area contributed by atoms with Crippen molar-refractivity contribution in [2.24, 2.45) is 5.10 Å². The monoisotopic (exact) mass is 379 g/mol. The first-order valence-corrected chi connectivity index (χ1v) is 8.11. The van der Waals surface area contributed by atoms with Gasteiger partial charge in [-0.3, -0.25) is 9.59 Å². The molecule has 0 saturated carbocycles. The third-order valence-electron chi connectivity index (χ3n) is 3.64. The molecule has 128 valence electrons. The first kappa shape index (κ1) is 17.4. The molecule has 2 aromatic rings. The molecule has 1 heterocycles. The smallest absolute Gasteiger partial charge is 0.257 e. The van der Waals surface area contributed by atoms with Crippen LogP contribution in [0.3, 0.4) is 0 Å². The predicted molar refractivity (Wildman–Crippen MR) is 94.7 cm³/mol. The Hall–Kier alpha value is -2.44. The summed E-state index contributed by atoms with van der Waals surface area (Å²) >= 11 is 11.6. The Morgan fingerprint density at radius 2 is 1.84 bits per heavy atom. The lowest BCUT2D eigenvalue weighted by molar-refractivity contribution is -0.121. The average Bonchev–Trinajstić information content (AvgIpc) is 2.59. The summed E-state index contributed by atoms with van der Waals surface area (Å²) in [7, 11) is 0. The molecule has 0 bridgehead atoms. The number of carbonyl (C=O) groups excluding carboxylic acids is 2. The van der Waals surface area contributed by atoms with Crippen molar-refractivity contribution in [1.82, 2.24) is 5.43 Å². The third-order valence-corrected chi connectivity index (χ3v) is 4.24. The fourth-order valence-corrected chi connectivity index (χ4v) is 2.79. The fraction of sp³-hybridized carbons (Fsp3) is 0.118. The van der Waals surface area contributed by atoms with Crippen LogP contribution in [0.1, 0.15) is 28.8 Å². The fourth-order valence-electron chi connectivity index (χ4n) is 2.32. The molecule has 0 saturated heterocycles. The number of rotatable bonds is 3. The number of nitrogens with zero attached hydrogens (tertiary/aromatic N) is 1. The highest BCUT2D eigenvalue weighted by molar-refractivity contribution is 6.37. The molecule has 0 fully saturated rings. The zero-order chi connectivity index (χ0) is 18.0. The second-order valence-electron chi connectivity index (χ2n) is 5.37. The van der Waals surface area contributed by atoms with E-state index in [-0.39, 0.29) is 21.5 Å². The van der Waals surface area contributed by atoms with Gasteiger partial charge in [0.25, 0.3) is 5.91 Å². The second kappa shape index (κ2) is 7.21. The minimum atomic E-state index is -0.719. The summed E-state index contributed by atoms with van der Waals surface area (Å²) in [6, 6.07) is 9.10. The number of hydrazone groups is 1. The van der Waals surface area contributed by atoms with E-state index in [0.29, 0.717) is 18.5 Å². The van der Waals surface area contributed by atoms with E-state index < -0.39 is 11.7 Å². The molecule has 5 nitrogen and oxygen atoms in total. The number of benzene rings is 2. The SMILES string of the molecule is O=C1CCC(c2ccc(NC(=O)c3cc(F)c(Cl)cc3Cl)cc2)=NN1. The van der Waals surface area contributed by atoms with Crippen LogP contribution in [0.5, 0.6) is 0 Å². The lowest BCUT2D eigenvalue weighted by Crippen LogP contribution is -2.25. The van der Waals surface area contributed by atoms with E-state index in [1.807, 2.05) is 0 Å². The number of halogens is 3. The topological polar surface area (TPSA) is 70.6 Å². The molecule has 2 N–H and O–H groups in total. The van der Waals surface area contributed by atoms with Gasteiger partial charge in [0.05, 0.1) is 21.3 Å². The number of hydrogen-bond acceptors (Lipinski definition) is 3. The number of nitrogens with one attached hydrogen (secondary N) is 2. The third kappa shape index (κ3) is 3.97. The van der Waals surface area contributed by atoms with Crippen LogP contribution in [-0.4, -0.2) is 17.5 Å². The zero-order valence-electron chi connectivity index (χ0n) is 12.8. The van der Waals surface area contributed by atoms with Gasteiger partial charge >= 0.3 is 0 Å². The number of hydrogen-bond donors (Lipinski definition) is 2. The standard InChI is InChI=1S/C17H12Cl2FN3O2/c18-12-8-13(19)14(20)7-11(12)17(25)21-10-3-1-9(2-4-10)15-5-6-16(24)23-22-15/h1-4,7-8H,5-6H2,(H,21,25)(H,23,24). The summed E-state index contributed by atoms with van der Waals surface area (Å²) in [6.07, 6.45) is 0.940. The Balaban J connectivity index is 1.74. The molecule has 1 aliphatic rings. The Kier molecular flexibility index (Phi) is 5.01. The minimum absolute atomic E-state index is 0.00740. The van der Waals surface area contributed by atoms with Gasteiger partial charge in [0.1, 0.15) is 5.82 Å². The quantitative estimate of drug-likeness (QED) is 0.791. The van der Waals surface area contributed by atoms with Gasteiger partial charge in [-0.15, -0.1) is 0 Å². The van der Waals surface area contributed by atoms with Crippen LogP contribution < -0.4 is 10.7 Å². The lowest BCUT2D eigenvalue weighted by Gasteiger charge is -2.13. The van der Waals surface area contributed by atoms with Gasteiger partial charge in [-0.05, 0) is 29.8 Å². The molecule has 0 spiro atoms. The normalized spacial score (nSPS) is 13.9. The molecule has 3 rings (SSSR count). The van der Waals surface area contributed by atoms with Crippen LogP contribution >= 0.6 is 23.2 Å². The number of amides is 2.